The number of nitrogens with zero attached hydrogens (tertiary/aromatic N) is 1. The predicted octanol–water partition coefficient (Wildman–Crippen LogP) is 3.09. The lowest BCUT2D eigenvalue weighted by molar-refractivity contribution is -0.125. The summed E-state index contributed by atoms with van der Waals surface area (Å²) < 4.78 is 0. The van der Waals surface area contributed by atoms with Crippen LogP contribution in [0, 0.1) is 0 Å². The van der Waals surface area contributed by atoms with Gasteiger partial charge in [-0.3, -0.25) is 14.5 Å². The van der Waals surface area contributed by atoms with E-state index in [1.807, 2.05) is 66.7 Å². The summed E-state index contributed by atoms with van der Waals surface area (Å²) in [4.78, 5) is 27.2. The monoisotopic (exact) mass is 344 g/mol. The normalized spacial score (nSPS) is 15.7. The molecule has 0 unspecified atom stereocenters. The zero-order valence-electron chi connectivity index (χ0n) is 14.6. The first-order valence-corrected chi connectivity index (χ1v) is 8.77. The highest BCUT2D eigenvalue weighted by Gasteiger charge is 2.37. The summed E-state index contributed by atoms with van der Waals surface area (Å²) >= 11 is 0. The van der Waals surface area contributed by atoms with Crippen LogP contribution in [0.4, 0.5) is 5.69 Å². The molecule has 0 spiro atoms. The summed E-state index contributed by atoms with van der Waals surface area (Å²) in [6.45, 7) is 0. The lowest BCUT2D eigenvalue weighted by Gasteiger charge is -2.24. The summed E-state index contributed by atoms with van der Waals surface area (Å²) in [5.41, 5.74) is 2.85. The van der Waals surface area contributed by atoms with E-state index in [4.69, 9.17) is 0 Å². The number of likely N-dealkylation sites (N-methyl/N-ethyl adjacent to an activating group) is 1. The highest BCUT2D eigenvalue weighted by atomic mass is 16.2. The lowest BCUT2D eigenvalue weighted by atomic mass is 10.0. The van der Waals surface area contributed by atoms with Gasteiger partial charge in [0.1, 0.15) is 6.04 Å². The summed E-state index contributed by atoms with van der Waals surface area (Å²) in [6, 6.07) is 21.3. The van der Waals surface area contributed by atoms with Gasteiger partial charge in [-0.25, -0.2) is 0 Å². The Hall–Kier alpha value is -3.14. The topological polar surface area (TPSA) is 49.4 Å². The second-order valence-electron chi connectivity index (χ2n) is 6.54. The van der Waals surface area contributed by atoms with Gasteiger partial charge in [-0.1, -0.05) is 60.7 Å². The fourth-order valence-electron chi connectivity index (χ4n) is 3.77. The number of fused-ring (bicyclic) bond motifs is 2. The molecule has 26 heavy (non-hydrogen) atoms. The van der Waals surface area contributed by atoms with E-state index in [2.05, 4.69) is 5.32 Å². The van der Waals surface area contributed by atoms with E-state index in [0.717, 1.165) is 27.6 Å². The van der Waals surface area contributed by atoms with Gasteiger partial charge >= 0.3 is 0 Å². The standard InChI is InChI=1S/C22H20N2O2/c1-23-22(26)20-13-17-8-3-5-12-19(17)24(20)21(25)14-16-10-6-9-15-7-2-4-11-18(15)16/h2-12,20H,13-14H2,1H3,(H,23,26)/t20-/m0/s1. The van der Waals surface area contributed by atoms with Crippen LogP contribution in [0.15, 0.2) is 66.7 Å². The van der Waals surface area contributed by atoms with Gasteiger partial charge in [-0.15, -0.1) is 0 Å². The molecule has 0 saturated carbocycles. The molecule has 1 atom stereocenters. The highest BCUT2D eigenvalue weighted by Crippen LogP contribution is 2.33. The lowest BCUT2D eigenvalue weighted by Crippen LogP contribution is -2.47. The number of carbonyl (C=O) groups excluding carboxylic acids is 2. The Balaban J connectivity index is 1.70. The summed E-state index contributed by atoms with van der Waals surface area (Å²) in [7, 11) is 1.61. The zero-order chi connectivity index (χ0) is 18.1. The minimum atomic E-state index is -0.486. The van der Waals surface area contributed by atoms with Crippen LogP contribution in [-0.2, 0) is 22.4 Å². The maximum absolute atomic E-state index is 13.2. The molecule has 0 radical (unpaired) electrons. The van der Waals surface area contributed by atoms with E-state index in [1.165, 1.54) is 0 Å². The molecule has 0 bridgehead atoms. The number of nitrogens with one attached hydrogen (secondary N) is 1. The Labute approximate surface area is 152 Å². The summed E-state index contributed by atoms with van der Waals surface area (Å²) in [5.74, 6) is -0.188. The van der Waals surface area contributed by atoms with Crippen LogP contribution in [0.3, 0.4) is 0 Å². The molecule has 3 aromatic rings. The van der Waals surface area contributed by atoms with E-state index < -0.39 is 6.04 Å². The van der Waals surface area contributed by atoms with Crippen molar-refractivity contribution in [3.05, 3.63) is 77.9 Å². The van der Waals surface area contributed by atoms with Gasteiger partial charge in [0.2, 0.25) is 11.8 Å². The van der Waals surface area contributed by atoms with Crippen molar-refractivity contribution in [1.82, 2.24) is 5.32 Å². The summed E-state index contributed by atoms with van der Waals surface area (Å²) in [5, 5.41) is 4.88. The van der Waals surface area contributed by atoms with Gasteiger partial charge in [0.05, 0.1) is 6.42 Å². The SMILES string of the molecule is CNC(=O)[C@@H]1Cc2ccccc2N1C(=O)Cc1cccc2ccccc12. The van der Waals surface area contributed by atoms with E-state index in [9.17, 15) is 9.59 Å². The zero-order valence-corrected chi connectivity index (χ0v) is 14.6. The fourth-order valence-corrected chi connectivity index (χ4v) is 3.77. The number of anilines is 1. The van der Waals surface area contributed by atoms with E-state index in [1.54, 1.807) is 11.9 Å². The van der Waals surface area contributed by atoms with Crippen LogP contribution >= 0.6 is 0 Å². The smallest absolute Gasteiger partial charge is 0.243 e. The molecule has 0 aromatic heterocycles. The van der Waals surface area contributed by atoms with Crippen molar-refractivity contribution < 1.29 is 9.59 Å². The number of carbonyl (C=O) groups is 2. The third-order valence-electron chi connectivity index (χ3n) is 5.02. The van der Waals surface area contributed by atoms with Gasteiger partial charge in [-0.2, -0.15) is 0 Å². The Bertz CT molecular complexity index is 991. The van der Waals surface area contributed by atoms with Crippen molar-refractivity contribution in [3.8, 4) is 0 Å². The van der Waals surface area contributed by atoms with Gasteiger partial charge in [0, 0.05) is 19.2 Å². The molecule has 1 aliphatic rings. The van der Waals surface area contributed by atoms with Gasteiger partial charge in [0.25, 0.3) is 0 Å². The molecule has 0 fully saturated rings. The molecule has 1 heterocycles. The predicted molar refractivity (Wildman–Crippen MR) is 103 cm³/mol. The van der Waals surface area contributed by atoms with Crippen molar-refractivity contribution in [3.63, 3.8) is 0 Å². The van der Waals surface area contributed by atoms with Crippen LogP contribution in [0.2, 0.25) is 0 Å². The largest absolute Gasteiger partial charge is 0.357 e. The van der Waals surface area contributed by atoms with Crippen LogP contribution in [0.1, 0.15) is 11.1 Å². The first-order chi connectivity index (χ1) is 12.7. The maximum Gasteiger partial charge on any atom is 0.243 e. The van der Waals surface area contributed by atoms with Crippen molar-refractivity contribution in [2.45, 2.75) is 18.9 Å². The van der Waals surface area contributed by atoms with Crippen molar-refractivity contribution in [2.75, 3.05) is 11.9 Å². The molecule has 130 valence electrons. The number of hydrogen-bond acceptors (Lipinski definition) is 2. The van der Waals surface area contributed by atoms with Crippen molar-refractivity contribution in [1.29, 1.82) is 0 Å². The van der Waals surface area contributed by atoms with E-state index >= 15 is 0 Å². The molecule has 4 nitrogen and oxygen atoms in total. The molecule has 0 aliphatic carbocycles. The molecule has 4 rings (SSSR count). The average molecular weight is 344 g/mol. The third kappa shape index (κ3) is 2.73. The third-order valence-corrected chi connectivity index (χ3v) is 5.02. The van der Waals surface area contributed by atoms with Crippen LogP contribution in [0.5, 0.6) is 0 Å². The molecule has 3 aromatic carbocycles. The summed E-state index contributed by atoms with van der Waals surface area (Å²) in [6.07, 6.45) is 0.820. The Morgan fingerprint density at radius 2 is 1.73 bits per heavy atom. The second kappa shape index (κ2) is 6.64. The van der Waals surface area contributed by atoms with Gasteiger partial charge < -0.3 is 5.32 Å². The number of amides is 2. The fraction of sp³-hybridized carbons (Fsp3) is 0.182. The van der Waals surface area contributed by atoms with Crippen LogP contribution in [-0.4, -0.2) is 24.9 Å². The molecular weight excluding hydrogens is 324 g/mol. The second-order valence-corrected chi connectivity index (χ2v) is 6.54. The van der Waals surface area contributed by atoms with E-state index in [-0.39, 0.29) is 18.2 Å². The molecule has 1 N–H and O–H groups in total. The number of para-hydroxylation sites is 1. The average Bonchev–Trinajstić information content (AvgIpc) is 3.07. The van der Waals surface area contributed by atoms with Crippen molar-refractivity contribution in [2.24, 2.45) is 0 Å². The maximum atomic E-state index is 13.2. The Kier molecular flexibility index (Phi) is 4.17. The van der Waals surface area contributed by atoms with Crippen LogP contribution in [0.25, 0.3) is 10.8 Å². The minimum absolute atomic E-state index is 0.0556. The first-order valence-electron chi connectivity index (χ1n) is 8.77. The quantitative estimate of drug-likeness (QED) is 0.794. The van der Waals surface area contributed by atoms with Crippen molar-refractivity contribution >= 4 is 28.3 Å². The van der Waals surface area contributed by atoms with Gasteiger partial charge in [0.15, 0.2) is 0 Å². The molecule has 2 amide bonds. The first kappa shape index (κ1) is 16.3. The molecule has 4 heteroatoms. The number of benzene rings is 3. The number of rotatable bonds is 3. The minimum Gasteiger partial charge on any atom is -0.357 e. The van der Waals surface area contributed by atoms with E-state index in [0.29, 0.717) is 6.42 Å². The highest BCUT2D eigenvalue weighted by molar-refractivity contribution is 6.05. The molecular formula is C22H20N2O2. The molecule has 1 aliphatic heterocycles. The molecule has 0 saturated heterocycles. The van der Waals surface area contributed by atoms with Crippen LogP contribution < -0.4 is 10.2 Å². The Morgan fingerprint density at radius 1 is 1.00 bits per heavy atom. The van der Waals surface area contributed by atoms with Gasteiger partial charge in [-0.05, 0) is 28.0 Å². The Morgan fingerprint density at radius 3 is 2.58 bits per heavy atom. The number of hydrogen-bond donors (Lipinski definition) is 1.